The van der Waals surface area contributed by atoms with E-state index in [0.717, 1.165) is 11.3 Å². The number of ketones is 1. The van der Waals surface area contributed by atoms with Crippen LogP contribution in [-0.4, -0.2) is 20.7 Å². The van der Waals surface area contributed by atoms with Crippen LogP contribution in [0.15, 0.2) is 12.3 Å². The summed E-state index contributed by atoms with van der Waals surface area (Å²) in [5, 5.41) is 0. The SMILES string of the molecule is CC(=O)c1cnc2nc(C)[nH]c2c1. The second kappa shape index (κ2) is 2.65. The number of pyridine rings is 1. The summed E-state index contributed by atoms with van der Waals surface area (Å²) in [4.78, 5) is 22.2. The van der Waals surface area contributed by atoms with Crippen LogP contribution >= 0.6 is 0 Å². The molecular formula is C9H9N3O. The number of imidazole rings is 1. The van der Waals surface area contributed by atoms with Crippen LogP contribution in [0.4, 0.5) is 0 Å². The van der Waals surface area contributed by atoms with Crippen molar-refractivity contribution in [1.82, 2.24) is 15.0 Å². The van der Waals surface area contributed by atoms with E-state index in [1.807, 2.05) is 6.92 Å². The fourth-order valence-electron chi connectivity index (χ4n) is 1.21. The smallest absolute Gasteiger partial charge is 0.177 e. The average Bonchev–Trinajstić information content (AvgIpc) is 2.42. The summed E-state index contributed by atoms with van der Waals surface area (Å²) in [6, 6.07) is 1.77. The van der Waals surface area contributed by atoms with Gasteiger partial charge in [0.25, 0.3) is 0 Å². The first-order chi connectivity index (χ1) is 6.16. The maximum atomic E-state index is 11.0. The number of Topliss-reactive ketones (excluding diaryl/α,β-unsaturated/α-hetero) is 1. The molecule has 0 aliphatic carbocycles. The number of aromatic nitrogens is 3. The summed E-state index contributed by atoms with van der Waals surface area (Å²) in [7, 11) is 0. The Labute approximate surface area is 75.0 Å². The van der Waals surface area contributed by atoms with Gasteiger partial charge in [0.2, 0.25) is 0 Å². The number of hydrogen-bond acceptors (Lipinski definition) is 3. The molecule has 1 N–H and O–H groups in total. The highest BCUT2D eigenvalue weighted by molar-refractivity contribution is 5.96. The number of nitrogens with one attached hydrogen (secondary N) is 1. The van der Waals surface area contributed by atoms with Gasteiger partial charge in [-0.15, -0.1) is 0 Å². The van der Waals surface area contributed by atoms with E-state index < -0.39 is 0 Å². The van der Waals surface area contributed by atoms with Crippen molar-refractivity contribution in [2.45, 2.75) is 13.8 Å². The van der Waals surface area contributed by atoms with Crippen LogP contribution in [0.3, 0.4) is 0 Å². The highest BCUT2D eigenvalue weighted by Crippen LogP contribution is 2.10. The van der Waals surface area contributed by atoms with E-state index in [0.29, 0.717) is 11.2 Å². The molecule has 0 radical (unpaired) electrons. The average molecular weight is 175 g/mol. The monoisotopic (exact) mass is 175 g/mol. The molecule has 4 heteroatoms. The summed E-state index contributed by atoms with van der Waals surface area (Å²) >= 11 is 0. The summed E-state index contributed by atoms with van der Waals surface area (Å²) < 4.78 is 0. The van der Waals surface area contributed by atoms with Gasteiger partial charge in [0.05, 0.1) is 5.52 Å². The third-order valence-corrected chi connectivity index (χ3v) is 1.86. The number of hydrogen-bond donors (Lipinski definition) is 1. The lowest BCUT2D eigenvalue weighted by atomic mass is 10.2. The molecule has 2 aromatic rings. The molecule has 2 rings (SSSR count). The molecule has 0 saturated heterocycles. The van der Waals surface area contributed by atoms with Crippen LogP contribution in [0.2, 0.25) is 0 Å². The Bertz CT molecular complexity index is 473. The van der Waals surface area contributed by atoms with Crippen molar-refractivity contribution in [3.8, 4) is 0 Å². The summed E-state index contributed by atoms with van der Waals surface area (Å²) in [6.45, 7) is 3.38. The Balaban J connectivity index is 2.67. The maximum absolute atomic E-state index is 11.0. The van der Waals surface area contributed by atoms with Gasteiger partial charge < -0.3 is 4.98 Å². The maximum Gasteiger partial charge on any atom is 0.177 e. The first-order valence-electron chi connectivity index (χ1n) is 4.00. The first kappa shape index (κ1) is 7.91. The number of carbonyl (C=O) groups excluding carboxylic acids is 1. The van der Waals surface area contributed by atoms with Crippen LogP contribution in [-0.2, 0) is 0 Å². The van der Waals surface area contributed by atoms with E-state index in [1.165, 1.54) is 6.92 Å². The van der Waals surface area contributed by atoms with Gasteiger partial charge in [-0.25, -0.2) is 9.97 Å². The van der Waals surface area contributed by atoms with Crippen LogP contribution in [0, 0.1) is 6.92 Å². The highest BCUT2D eigenvalue weighted by Gasteiger charge is 2.04. The molecule has 0 amide bonds. The van der Waals surface area contributed by atoms with Gasteiger partial charge in [-0.1, -0.05) is 0 Å². The number of nitrogens with zero attached hydrogens (tertiary/aromatic N) is 2. The van der Waals surface area contributed by atoms with E-state index in [-0.39, 0.29) is 5.78 Å². The van der Waals surface area contributed by atoms with Crippen LogP contribution in [0.1, 0.15) is 23.1 Å². The number of fused-ring (bicyclic) bond motifs is 1. The quantitative estimate of drug-likeness (QED) is 0.667. The molecule has 0 bridgehead atoms. The molecule has 0 spiro atoms. The molecule has 0 aromatic carbocycles. The predicted molar refractivity (Wildman–Crippen MR) is 48.6 cm³/mol. The second-order valence-electron chi connectivity index (χ2n) is 2.97. The van der Waals surface area contributed by atoms with E-state index >= 15 is 0 Å². The van der Waals surface area contributed by atoms with Gasteiger partial charge >= 0.3 is 0 Å². The number of aryl methyl sites for hydroxylation is 1. The van der Waals surface area contributed by atoms with Crippen molar-refractivity contribution >= 4 is 16.9 Å². The van der Waals surface area contributed by atoms with Crippen LogP contribution in [0.5, 0.6) is 0 Å². The number of carbonyl (C=O) groups is 1. The molecule has 0 unspecified atom stereocenters. The van der Waals surface area contributed by atoms with Crippen molar-refractivity contribution in [2.24, 2.45) is 0 Å². The van der Waals surface area contributed by atoms with Crippen molar-refractivity contribution in [2.75, 3.05) is 0 Å². The number of H-pyrrole nitrogens is 1. The largest absolute Gasteiger partial charge is 0.341 e. The van der Waals surface area contributed by atoms with Gasteiger partial charge in [0, 0.05) is 11.8 Å². The summed E-state index contributed by atoms with van der Waals surface area (Å²) in [6.07, 6.45) is 1.55. The zero-order valence-electron chi connectivity index (χ0n) is 7.46. The molecule has 4 nitrogen and oxygen atoms in total. The fraction of sp³-hybridized carbons (Fsp3) is 0.222. The molecule has 0 aliphatic heterocycles. The molecule has 0 fully saturated rings. The zero-order chi connectivity index (χ0) is 9.42. The van der Waals surface area contributed by atoms with Gasteiger partial charge in [0.1, 0.15) is 5.82 Å². The third-order valence-electron chi connectivity index (χ3n) is 1.86. The van der Waals surface area contributed by atoms with Crippen molar-refractivity contribution in [3.63, 3.8) is 0 Å². The fourth-order valence-corrected chi connectivity index (χ4v) is 1.21. The minimum absolute atomic E-state index is 0.0154. The third kappa shape index (κ3) is 1.30. The number of rotatable bonds is 1. The molecule has 2 heterocycles. The van der Waals surface area contributed by atoms with E-state index in [4.69, 9.17) is 0 Å². The predicted octanol–water partition coefficient (Wildman–Crippen LogP) is 1.47. The van der Waals surface area contributed by atoms with Crippen molar-refractivity contribution in [1.29, 1.82) is 0 Å². The van der Waals surface area contributed by atoms with Gasteiger partial charge in [-0.2, -0.15) is 0 Å². The molecule has 0 atom stereocenters. The molecule has 13 heavy (non-hydrogen) atoms. The normalized spacial score (nSPS) is 10.6. The molecule has 2 aromatic heterocycles. The van der Waals surface area contributed by atoms with E-state index in [9.17, 15) is 4.79 Å². The van der Waals surface area contributed by atoms with Gasteiger partial charge in [-0.05, 0) is 19.9 Å². The molecule has 0 saturated carbocycles. The summed E-state index contributed by atoms with van der Waals surface area (Å²) in [5.74, 6) is 0.824. The lowest BCUT2D eigenvalue weighted by molar-refractivity contribution is 0.101. The van der Waals surface area contributed by atoms with Crippen LogP contribution in [0.25, 0.3) is 11.2 Å². The minimum atomic E-state index is 0.0154. The van der Waals surface area contributed by atoms with Gasteiger partial charge in [-0.3, -0.25) is 4.79 Å². The molecule has 0 aliphatic rings. The van der Waals surface area contributed by atoms with E-state index in [2.05, 4.69) is 15.0 Å². The topological polar surface area (TPSA) is 58.6 Å². The van der Waals surface area contributed by atoms with Gasteiger partial charge in [0.15, 0.2) is 11.4 Å². The molecular weight excluding hydrogens is 166 g/mol. The highest BCUT2D eigenvalue weighted by atomic mass is 16.1. The Morgan fingerprint density at radius 2 is 2.31 bits per heavy atom. The standard InChI is InChI=1S/C9H9N3O/c1-5(13)7-3-8-9(10-4-7)12-6(2)11-8/h3-4H,1-2H3,(H,10,11,12). The second-order valence-corrected chi connectivity index (χ2v) is 2.97. The molecule has 66 valence electrons. The Kier molecular flexibility index (Phi) is 1.62. The van der Waals surface area contributed by atoms with Crippen LogP contribution < -0.4 is 0 Å². The first-order valence-corrected chi connectivity index (χ1v) is 4.00. The minimum Gasteiger partial charge on any atom is -0.341 e. The summed E-state index contributed by atoms with van der Waals surface area (Å²) in [5.41, 5.74) is 2.07. The van der Waals surface area contributed by atoms with Crippen molar-refractivity contribution < 1.29 is 4.79 Å². The lowest BCUT2D eigenvalue weighted by Crippen LogP contribution is -1.92. The Morgan fingerprint density at radius 1 is 1.54 bits per heavy atom. The van der Waals surface area contributed by atoms with E-state index in [1.54, 1.807) is 12.3 Å². The van der Waals surface area contributed by atoms with Crippen molar-refractivity contribution in [3.05, 3.63) is 23.7 Å². The number of aromatic amines is 1. The zero-order valence-corrected chi connectivity index (χ0v) is 7.46. The Hall–Kier alpha value is -1.71. The lowest BCUT2D eigenvalue weighted by Gasteiger charge is -1.92. The Morgan fingerprint density at radius 3 is 3.00 bits per heavy atom.